The molecule has 2 atom stereocenters. The van der Waals surface area contributed by atoms with Crippen LogP contribution < -0.4 is 5.73 Å². The van der Waals surface area contributed by atoms with Crippen molar-refractivity contribution in [2.75, 3.05) is 13.1 Å². The van der Waals surface area contributed by atoms with E-state index in [1.807, 2.05) is 0 Å². The third-order valence-corrected chi connectivity index (χ3v) is 2.14. The fourth-order valence-electron chi connectivity index (χ4n) is 1.25. The SMILES string of the molecule is CCC(C)N(CC)C[C@@H](C)N. The molecule has 0 aromatic heterocycles. The van der Waals surface area contributed by atoms with E-state index >= 15 is 0 Å². The van der Waals surface area contributed by atoms with Gasteiger partial charge in [-0.15, -0.1) is 0 Å². The lowest BCUT2D eigenvalue weighted by Crippen LogP contribution is -2.40. The second-order valence-electron chi connectivity index (χ2n) is 3.32. The second kappa shape index (κ2) is 5.56. The van der Waals surface area contributed by atoms with Crippen LogP contribution in [-0.2, 0) is 0 Å². The summed E-state index contributed by atoms with van der Waals surface area (Å²) in [6.07, 6.45) is 1.21. The lowest BCUT2D eigenvalue weighted by molar-refractivity contribution is 0.205. The standard InChI is InChI=1S/C9H22N2/c1-5-9(4)11(6-2)7-8(3)10/h8-9H,5-7,10H2,1-4H3/t8-,9?/m1/s1. The summed E-state index contributed by atoms with van der Waals surface area (Å²) in [5, 5.41) is 0. The van der Waals surface area contributed by atoms with Crippen LogP contribution in [0.15, 0.2) is 0 Å². The van der Waals surface area contributed by atoms with Crippen molar-refractivity contribution < 1.29 is 0 Å². The monoisotopic (exact) mass is 158 g/mol. The molecule has 0 aromatic carbocycles. The molecule has 0 saturated carbocycles. The van der Waals surface area contributed by atoms with Crippen molar-refractivity contribution in [2.45, 2.75) is 46.2 Å². The number of nitrogens with two attached hydrogens (primary N) is 1. The molecule has 2 heteroatoms. The molecule has 68 valence electrons. The van der Waals surface area contributed by atoms with Gasteiger partial charge in [0, 0.05) is 18.6 Å². The number of rotatable bonds is 5. The summed E-state index contributed by atoms with van der Waals surface area (Å²) < 4.78 is 0. The van der Waals surface area contributed by atoms with Crippen LogP contribution in [0.25, 0.3) is 0 Å². The first kappa shape index (κ1) is 10.9. The molecule has 0 aliphatic carbocycles. The van der Waals surface area contributed by atoms with Gasteiger partial charge in [-0.2, -0.15) is 0 Å². The van der Waals surface area contributed by atoms with Crippen molar-refractivity contribution in [3.8, 4) is 0 Å². The van der Waals surface area contributed by atoms with Gasteiger partial charge in [-0.25, -0.2) is 0 Å². The van der Waals surface area contributed by atoms with Crippen LogP contribution in [0.5, 0.6) is 0 Å². The Bertz CT molecular complexity index is 91.6. The van der Waals surface area contributed by atoms with E-state index in [0.29, 0.717) is 12.1 Å². The first-order chi connectivity index (χ1) is 5.11. The molecule has 0 amide bonds. The molecule has 2 nitrogen and oxygen atoms in total. The lowest BCUT2D eigenvalue weighted by Gasteiger charge is -2.28. The van der Waals surface area contributed by atoms with Crippen molar-refractivity contribution in [1.29, 1.82) is 0 Å². The molecule has 0 aliphatic heterocycles. The molecule has 0 radical (unpaired) electrons. The Hall–Kier alpha value is -0.0800. The zero-order valence-electron chi connectivity index (χ0n) is 8.30. The van der Waals surface area contributed by atoms with Crippen LogP contribution in [0, 0.1) is 0 Å². The Morgan fingerprint density at radius 2 is 1.82 bits per heavy atom. The molecule has 11 heavy (non-hydrogen) atoms. The normalized spacial score (nSPS) is 16.9. The maximum atomic E-state index is 5.72. The maximum Gasteiger partial charge on any atom is 0.0139 e. The van der Waals surface area contributed by atoms with Crippen LogP contribution in [0.2, 0.25) is 0 Å². The second-order valence-corrected chi connectivity index (χ2v) is 3.32. The molecule has 0 aliphatic rings. The predicted molar refractivity (Wildman–Crippen MR) is 50.6 cm³/mol. The van der Waals surface area contributed by atoms with Crippen molar-refractivity contribution in [2.24, 2.45) is 5.73 Å². The summed E-state index contributed by atoms with van der Waals surface area (Å²) in [6, 6.07) is 0.968. The highest BCUT2D eigenvalue weighted by Gasteiger charge is 2.10. The van der Waals surface area contributed by atoms with E-state index in [1.54, 1.807) is 0 Å². The van der Waals surface area contributed by atoms with Crippen LogP contribution >= 0.6 is 0 Å². The van der Waals surface area contributed by atoms with Gasteiger partial charge in [-0.3, -0.25) is 4.90 Å². The van der Waals surface area contributed by atoms with Gasteiger partial charge in [0.25, 0.3) is 0 Å². The average Bonchev–Trinajstić information content (AvgIpc) is 1.98. The maximum absolute atomic E-state index is 5.72. The van der Waals surface area contributed by atoms with Gasteiger partial charge in [0.1, 0.15) is 0 Å². The van der Waals surface area contributed by atoms with E-state index in [-0.39, 0.29) is 0 Å². The lowest BCUT2D eigenvalue weighted by atomic mass is 10.2. The minimum Gasteiger partial charge on any atom is -0.327 e. The van der Waals surface area contributed by atoms with Gasteiger partial charge in [-0.05, 0) is 26.8 Å². The summed E-state index contributed by atoms with van der Waals surface area (Å²) in [7, 11) is 0. The fourth-order valence-corrected chi connectivity index (χ4v) is 1.25. The molecule has 0 aromatic rings. The van der Waals surface area contributed by atoms with E-state index in [2.05, 4.69) is 32.6 Å². The Labute approximate surface area is 70.8 Å². The van der Waals surface area contributed by atoms with Crippen LogP contribution in [0.3, 0.4) is 0 Å². The largest absolute Gasteiger partial charge is 0.327 e. The molecule has 0 fully saturated rings. The Morgan fingerprint density at radius 1 is 1.27 bits per heavy atom. The van der Waals surface area contributed by atoms with Gasteiger partial charge < -0.3 is 5.73 Å². The first-order valence-corrected chi connectivity index (χ1v) is 4.61. The summed E-state index contributed by atoms with van der Waals surface area (Å²) in [5.41, 5.74) is 5.72. The van der Waals surface area contributed by atoms with E-state index in [4.69, 9.17) is 5.73 Å². The van der Waals surface area contributed by atoms with Crippen molar-refractivity contribution in [3.05, 3.63) is 0 Å². The predicted octanol–water partition coefficient (Wildman–Crippen LogP) is 1.45. The smallest absolute Gasteiger partial charge is 0.0139 e. The minimum atomic E-state index is 0.295. The highest BCUT2D eigenvalue weighted by Crippen LogP contribution is 2.02. The molecular weight excluding hydrogens is 136 g/mol. The topological polar surface area (TPSA) is 29.3 Å². The first-order valence-electron chi connectivity index (χ1n) is 4.61. The minimum absolute atomic E-state index is 0.295. The fraction of sp³-hybridized carbons (Fsp3) is 1.00. The third-order valence-electron chi connectivity index (χ3n) is 2.14. The summed E-state index contributed by atoms with van der Waals surface area (Å²) in [4.78, 5) is 2.42. The number of hydrogen-bond donors (Lipinski definition) is 1. The number of hydrogen-bond acceptors (Lipinski definition) is 2. The summed E-state index contributed by atoms with van der Waals surface area (Å²) >= 11 is 0. The highest BCUT2D eigenvalue weighted by atomic mass is 15.2. The van der Waals surface area contributed by atoms with Crippen LogP contribution in [0.4, 0.5) is 0 Å². The summed E-state index contributed by atoms with van der Waals surface area (Å²) in [5.74, 6) is 0. The van der Waals surface area contributed by atoms with Gasteiger partial charge in [0.2, 0.25) is 0 Å². The quantitative estimate of drug-likeness (QED) is 0.656. The van der Waals surface area contributed by atoms with Crippen molar-refractivity contribution >= 4 is 0 Å². The van der Waals surface area contributed by atoms with Gasteiger partial charge in [-0.1, -0.05) is 13.8 Å². The molecule has 2 N–H and O–H groups in total. The molecule has 0 rings (SSSR count). The average molecular weight is 158 g/mol. The molecule has 0 bridgehead atoms. The number of nitrogens with zero attached hydrogens (tertiary/aromatic N) is 1. The van der Waals surface area contributed by atoms with Gasteiger partial charge in [0.15, 0.2) is 0 Å². The van der Waals surface area contributed by atoms with Crippen LogP contribution in [-0.4, -0.2) is 30.1 Å². The van der Waals surface area contributed by atoms with E-state index < -0.39 is 0 Å². The summed E-state index contributed by atoms with van der Waals surface area (Å²) in [6.45, 7) is 10.8. The Balaban J connectivity index is 3.74. The zero-order valence-corrected chi connectivity index (χ0v) is 8.30. The van der Waals surface area contributed by atoms with E-state index in [9.17, 15) is 0 Å². The Morgan fingerprint density at radius 3 is 2.09 bits per heavy atom. The van der Waals surface area contributed by atoms with E-state index in [1.165, 1.54) is 6.42 Å². The molecule has 0 spiro atoms. The Kier molecular flexibility index (Phi) is 5.51. The van der Waals surface area contributed by atoms with Gasteiger partial charge in [0.05, 0.1) is 0 Å². The zero-order chi connectivity index (χ0) is 8.85. The molecule has 0 heterocycles. The highest BCUT2D eigenvalue weighted by molar-refractivity contribution is 4.68. The number of likely N-dealkylation sites (N-methyl/N-ethyl adjacent to an activating group) is 1. The molecular formula is C9H22N2. The van der Waals surface area contributed by atoms with Crippen molar-refractivity contribution in [1.82, 2.24) is 4.90 Å². The molecule has 0 saturated heterocycles. The van der Waals surface area contributed by atoms with E-state index in [0.717, 1.165) is 13.1 Å². The van der Waals surface area contributed by atoms with Crippen molar-refractivity contribution in [3.63, 3.8) is 0 Å². The third kappa shape index (κ3) is 4.38. The van der Waals surface area contributed by atoms with Crippen LogP contribution in [0.1, 0.15) is 34.1 Å². The van der Waals surface area contributed by atoms with Gasteiger partial charge >= 0.3 is 0 Å². The molecule has 1 unspecified atom stereocenters.